The smallest absolute Gasteiger partial charge is 0.220 e. The second kappa shape index (κ2) is 9.88. The first-order valence-electron chi connectivity index (χ1n) is 8.81. The van der Waals surface area contributed by atoms with E-state index in [0.717, 1.165) is 22.6 Å². The van der Waals surface area contributed by atoms with E-state index in [2.05, 4.69) is 29.6 Å². The second-order valence-electron chi connectivity index (χ2n) is 6.00. The van der Waals surface area contributed by atoms with E-state index in [-0.39, 0.29) is 5.91 Å². The molecule has 0 heterocycles. The summed E-state index contributed by atoms with van der Waals surface area (Å²) >= 11 is 1.78. The number of thioether (sulfide) groups is 1. The van der Waals surface area contributed by atoms with Crippen molar-refractivity contribution in [1.29, 1.82) is 0 Å². The van der Waals surface area contributed by atoms with Gasteiger partial charge in [-0.1, -0.05) is 60.7 Å². The van der Waals surface area contributed by atoms with Gasteiger partial charge in [0.05, 0.1) is 6.54 Å². The topological polar surface area (TPSA) is 38.3 Å². The summed E-state index contributed by atoms with van der Waals surface area (Å²) in [4.78, 5) is 11.9. The molecule has 0 bridgehead atoms. The highest BCUT2D eigenvalue weighted by atomic mass is 32.2. The van der Waals surface area contributed by atoms with Crippen LogP contribution in [0, 0.1) is 0 Å². The van der Waals surface area contributed by atoms with Crippen molar-refractivity contribution < 1.29 is 9.53 Å². The fraction of sp³-hybridized carbons (Fsp3) is 0.227. The van der Waals surface area contributed by atoms with Gasteiger partial charge in [-0.25, -0.2) is 0 Å². The van der Waals surface area contributed by atoms with Gasteiger partial charge in [-0.3, -0.25) is 4.79 Å². The van der Waals surface area contributed by atoms with Crippen molar-refractivity contribution in [1.82, 2.24) is 5.32 Å². The van der Waals surface area contributed by atoms with E-state index in [1.54, 1.807) is 11.8 Å². The minimum Gasteiger partial charge on any atom is -0.492 e. The summed E-state index contributed by atoms with van der Waals surface area (Å²) in [5.41, 5.74) is 1.29. The third kappa shape index (κ3) is 5.81. The van der Waals surface area contributed by atoms with Crippen LogP contribution in [0.3, 0.4) is 0 Å². The maximum absolute atomic E-state index is 11.9. The van der Waals surface area contributed by atoms with Gasteiger partial charge >= 0.3 is 0 Å². The van der Waals surface area contributed by atoms with E-state index < -0.39 is 0 Å². The Balaban J connectivity index is 1.29. The van der Waals surface area contributed by atoms with Crippen LogP contribution >= 0.6 is 11.8 Å². The number of carbonyl (C=O) groups is 1. The van der Waals surface area contributed by atoms with Crippen molar-refractivity contribution in [3.63, 3.8) is 0 Å². The molecule has 0 saturated carbocycles. The molecule has 1 N–H and O–H groups in total. The third-order valence-electron chi connectivity index (χ3n) is 4.00. The van der Waals surface area contributed by atoms with Crippen molar-refractivity contribution in [2.24, 2.45) is 0 Å². The van der Waals surface area contributed by atoms with Crippen LogP contribution in [0.2, 0.25) is 0 Å². The fourth-order valence-electron chi connectivity index (χ4n) is 2.63. The van der Waals surface area contributed by atoms with Crippen LogP contribution in [-0.2, 0) is 10.5 Å². The Kier molecular flexibility index (Phi) is 6.96. The zero-order valence-corrected chi connectivity index (χ0v) is 15.5. The van der Waals surface area contributed by atoms with E-state index >= 15 is 0 Å². The number of carbonyl (C=O) groups excluding carboxylic acids is 1. The summed E-state index contributed by atoms with van der Waals surface area (Å²) in [5.74, 6) is 2.68. The summed E-state index contributed by atoms with van der Waals surface area (Å²) in [5, 5.41) is 5.26. The summed E-state index contributed by atoms with van der Waals surface area (Å²) in [6, 6.07) is 24.5. The van der Waals surface area contributed by atoms with Crippen molar-refractivity contribution >= 4 is 28.4 Å². The van der Waals surface area contributed by atoms with Crippen molar-refractivity contribution in [3.8, 4) is 5.75 Å². The van der Waals surface area contributed by atoms with Crippen LogP contribution in [0.5, 0.6) is 5.75 Å². The van der Waals surface area contributed by atoms with Gasteiger partial charge in [0.2, 0.25) is 5.91 Å². The van der Waals surface area contributed by atoms with Gasteiger partial charge in [-0.15, -0.1) is 0 Å². The first-order chi connectivity index (χ1) is 12.8. The molecule has 134 valence electrons. The Labute approximate surface area is 158 Å². The molecule has 0 aliphatic rings. The Morgan fingerprint density at radius 1 is 0.923 bits per heavy atom. The van der Waals surface area contributed by atoms with E-state index in [4.69, 9.17) is 4.74 Å². The normalized spacial score (nSPS) is 10.6. The Bertz CT molecular complexity index is 836. The molecule has 0 saturated heterocycles. The van der Waals surface area contributed by atoms with E-state index in [1.165, 1.54) is 10.9 Å². The average Bonchev–Trinajstić information content (AvgIpc) is 2.69. The lowest BCUT2D eigenvalue weighted by Crippen LogP contribution is -2.28. The number of fused-ring (bicyclic) bond motifs is 1. The molecule has 4 heteroatoms. The molecular weight excluding hydrogens is 342 g/mol. The van der Waals surface area contributed by atoms with Gasteiger partial charge in [0, 0.05) is 17.9 Å². The van der Waals surface area contributed by atoms with Crippen LogP contribution in [0.15, 0.2) is 72.8 Å². The molecule has 0 spiro atoms. The molecule has 0 atom stereocenters. The quantitative estimate of drug-likeness (QED) is 0.561. The first-order valence-corrected chi connectivity index (χ1v) is 9.97. The molecule has 26 heavy (non-hydrogen) atoms. The highest BCUT2D eigenvalue weighted by Crippen LogP contribution is 2.20. The lowest BCUT2D eigenvalue weighted by atomic mass is 10.1. The Morgan fingerprint density at radius 3 is 2.54 bits per heavy atom. The van der Waals surface area contributed by atoms with Crippen molar-refractivity contribution in [2.45, 2.75) is 12.2 Å². The number of benzene rings is 3. The van der Waals surface area contributed by atoms with Crippen LogP contribution in [-0.4, -0.2) is 24.8 Å². The molecule has 0 aromatic heterocycles. The summed E-state index contributed by atoms with van der Waals surface area (Å²) in [6.45, 7) is 0.996. The van der Waals surface area contributed by atoms with Gasteiger partial charge in [0.25, 0.3) is 0 Å². The number of hydrogen-bond acceptors (Lipinski definition) is 3. The van der Waals surface area contributed by atoms with Crippen LogP contribution in [0.4, 0.5) is 0 Å². The number of hydrogen-bond donors (Lipinski definition) is 1. The maximum Gasteiger partial charge on any atom is 0.220 e. The van der Waals surface area contributed by atoms with E-state index in [0.29, 0.717) is 19.6 Å². The molecule has 3 aromatic carbocycles. The molecule has 1 amide bonds. The van der Waals surface area contributed by atoms with Crippen LogP contribution in [0.1, 0.15) is 12.0 Å². The van der Waals surface area contributed by atoms with Gasteiger partial charge in [0.15, 0.2) is 0 Å². The monoisotopic (exact) mass is 365 g/mol. The summed E-state index contributed by atoms with van der Waals surface area (Å²) in [6.07, 6.45) is 0.535. The van der Waals surface area contributed by atoms with Crippen LogP contribution < -0.4 is 10.1 Å². The van der Waals surface area contributed by atoms with Gasteiger partial charge < -0.3 is 10.1 Å². The molecule has 3 rings (SSSR count). The molecule has 3 nitrogen and oxygen atoms in total. The molecule has 0 fully saturated rings. The highest BCUT2D eigenvalue weighted by molar-refractivity contribution is 7.98. The SMILES string of the molecule is O=C(CCSCc1ccccc1)NCCOc1ccc2ccccc2c1. The molecular formula is C22H23NO2S. The van der Waals surface area contributed by atoms with E-state index in [9.17, 15) is 4.79 Å². The predicted octanol–water partition coefficient (Wildman–Crippen LogP) is 4.66. The minimum atomic E-state index is 0.0765. The summed E-state index contributed by atoms with van der Waals surface area (Å²) < 4.78 is 5.73. The maximum atomic E-state index is 11.9. The van der Waals surface area contributed by atoms with Crippen molar-refractivity contribution in [3.05, 3.63) is 78.4 Å². The predicted molar refractivity (Wildman–Crippen MR) is 110 cm³/mol. The largest absolute Gasteiger partial charge is 0.492 e. The first kappa shape index (κ1) is 18.3. The Morgan fingerprint density at radius 2 is 1.69 bits per heavy atom. The number of amides is 1. The molecule has 0 unspecified atom stereocenters. The standard InChI is InChI=1S/C22H23NO2S/c24-22(12-15-26-17-18-6-2-1-3-7-18)23-13-14-25-21-11-10-19-8-4-5-9-20(19)16-21/h1-11,16H,12-15,17H2,(H,23,24). The number of rotatable bonds is 9. The molecule has 3 aromatic rings. The lowest BCUT2D eigenvalue weighted by molar-refractivity contribution is -0.120. The third-order valence-corrected chi connectivity index (χ3v) is 5.03. The summed E-state index contributed by atoms with van der Waals surface area (Å²) in [7, 11) is 0. The van der Waals surface area contributed by atoms with Gasteiger partial charge in [-0.05, 0) is 28.5 Å². The van der Waals surface area contributed by atoms with Gasteiger partial charge in [-0.2, -0.15) is 11.8 Å². The number of nitrogens with one attached hydrogen (secondary N) is 1. The van der Waals surface area contributed by atoms with Crippen LogP contribution in [0.25, 0.3) is 10.8 Å². The highest BCUT2D eigenvalue weighted by Gasteiger charge is 2.02. The molecule has 0 radical (unpaired) electrons. The lowest BCUT2D eigenvalue weighted by Gasteiger charge is -2.09. The average molecular weight is 365 g/mol. The van der Waals surface area contributed by atoms with Gasteiger partial charge in [0.1, 0.15) is 12.4 Å². The zero-order chi connectivity index (χ0) is 18.0. The van der Waals surface area contributed by atoms with E-state index in [1.807, 2.05) is 48.5 Å². The molecule has 0 aliphatic heterocycles. The fourth-order valence-corrected chi connectivity index (χ4v) is 3.54. The number of ether oxygens (including phenoxy) is 1. The second-order valence-corrected chi connectivity index (χ2v) is 7.10. The van der Waals surface area contributed by atoms with Crippen molar-refractivity contribution in [2.75, 3.05) is 18.9 Å². The zero-order valence-electron chi connectivity index (χ0n) is 14.7. The Hall–Kier alpha value is -2.46. The minimum absolute atomic E-state index is 0.0765. The molecule has 0 aliphatic carbocycles.